The van der Waals surface area contributed by atoms with Crippen LogP contribution in [0.3, 0.4) is 0 Å². The lowest BCUT2D eigenvalue weighted by Gasteiger charge is -2.32. The van der Waals surface area contributed by atoms with Crippen LogP contribution in [0, 0.1) is 12.3 Å². The SMILES string of the molecule is Cc1ncsc1-c1ccc([C@H](C)NC(=O)[C@@H]2C[C@@H](O)CN2C(=O)C(N)C(C)(C)C)nc1. The minimum Gasteiger partial charge on any atom is -0.391 e. The topological polar surface area (TPSA) is 121 Å². The Morgan fingerprint density at radius 1 is 1.32 bits per heavy atom. The van der Waals surface area contributed by atoms with Gasteiger partial charge < -0.3 is 21.1 Å². The molecule has 3 heterocycles. The van der Waals surface area contributed by atoms with Gasteiger partial charge in [0.05, 0.1) is 40.0 Å². The van der Waals surface area contributed by atoms with Crippen molar-refractivity contribution in [1.29, 1.82) is 0 Å². The molecule has 3 rings (SSSR count). The van der Waals surface area contributed by atoms with E-state index in [-0.39, 0.29) is 30.8 Å². The molecule has 0 aromatic carbocycles. The number of hydrogen-bond donors (Lipinski definition) is 3. The summed E-state index contributed by atoms with van der Waals surface area (Å²) in [6, 6.07) is 1.98. The van der Waals surface area contributed by atoms with Crippen LogP contribution in [0.5, 0.6) is 0 Å². The molecule has 9 heteroatoms. The summed E-state index contributed by atoms with van der Waals surface area (Å²) in [4.78, 5) is 37.1. The molecule has 1 aliphatic rings. The lowest BCUT2D eigenvalue weighted by Crippen LogP contribution is -2.55. The van der Waals surface area contributed by atoms with Gasteiger partial charge in [-0.1, -0.05) is 26.8 Å². The van der Waals surface area contributed by atoms with Crippen molar-refractivity contribution in [3.05, 3.63) is 35.2 Å². The van der Waals surface area contributed by atoms with Crippen LogP contribution >= 0.6 is 11.3 Å². The summed E-state index contributed by atoms with van der Waals surface area (Å²) in [5.41, 5.74) is 10.1. The van der Waals surface area contributed by atoms with Gasteiger partial charge in [-0.05, 0) is 25.3 Å². The summed E-state index contributed by atoms with van der Waals surface area (Å²) < 4.78 is 0. The second kappa shape index (κ2) is 9.02. The molecule has 8 nitrogen and oxygen atoms in total. The lowest BCUT2D eigenvalue weighted by molar-refractivity contribution is -0.141. The second-order valence-electron chi connectivity index (χ2n) is 9.21. The van der Waals surface area contributed by atoms with E-state index in [1.54, 1.807) is 23.0 Å². The maximum absolute atomic E-state index is 13.0. The molecule has 1 fully saturated rings. The first-order chi connectivity index (χ1) is 14.5. The Labute approximate surface area is 186 Å². The van der Waals surface area contributed by atoms with E-state index in [0.29, 0.717) is 5.69 Å². The number of hydrogen-bond acceptors (Lipinski definition) is 7. The first kappa shape index (κ1) is 23.3. The number of aromatic nitrogens is 2. The van der Waals surface area contributed by atoms with E-state index >= 15 is 0 Å². The largest absolute Gasteiger partial charge is 0.391 e. The maximum Gasteiger partial charge on any atom is 0.243 e. The number of aliphatic hydroxyl groups is 1. The van der Waals surface area contributed by atoms with E-state index in [1.165, 1.54) is 4.90 Å². The van der Waals surface area contributed by atoms with Gasteiger partial charge in [0, 0.05) is 24.7 Å². The Morgan fingerprint density at radius 2 is 2.03 bits per heavy atom. The number of thiazole rings is 1. The van der Waals surface area contributed by atoms with Crippen molar-refractivity contribution >= 4 is 23.2 Å². The zero-order valence-corrected chi connectivity index (χ0v) is 19.4. The minimum absolute atomic E-state index is 0.107. The molecule has 1 saturated heterocycles. The fraction of sp³-hybridized carbons (Fsp3) is 0.545. The van der Waals surface area contributed by atoms with Gasteiger partial charge >= 0.3 is 0 Å². The number of carbonyl (C=O) groups excluding carboxylic acids is 2. The highest BCUT2D eigenvalue weighted by molar-refractivity contribution is 7.13. The van der Waals surface area contributed by atoms with E-state index in [0.717, 1.165) is 16.1 Å². The van der Waals surface area contributed by atoms with Crippen LogP contribution in [0.25, 0.3) is 10.4 Å². The predicted octanol–water partition coefficient (Wildman–Crippen LogP) is 2.03. The third kappa shape index (κ3) is 5.11. The fourth-order valence-corrected chi connectivity index (χ4v) is 4.41. The van der Waals surface area contributed by atoms with E-state index < -0.39 is 23.6 Å². The number of β-amino-alcohol motifs (C(OH)–C–C–N with tert-alkyl or cyclic N) is 1. The van der Waals surface area contributed by atoms with Gasteiger partial charge in [0.25, 0.3) is 0 Å². The average molecular weight is 446 g/mol. The number of aryl methyl sites for hydroxylation is 1. The Morgan fingerprint density at radius 3 is 2.58 bits per heavy atom. The van der Waals surface area contributed by atoms with Crippen molar-refractivity contribution in [3.63, 3.8) is 0 Å². The molecule has 168 valence electrons. The average Bonchev–Trinajstić information content (AvgIpc) is 3.31. The van der Waals surface area contributed by atoms with Gasteiger partial charge in [-0.25, -0.2) is 4.98 Å². The molecule has 2 amide bonds. The molecule has 0 radical (unpaired) electrons. The highest BCUT2D eigenvalue weighted by atomic mass is 32.1. The first-order valence-electron chi connectivity index (χ1n) is 10.4. The Balaban J connectivity index is 1.69. The van der Waals surface area contributed by atoms with Crippen molar-refractivity contribution in [2.75, 3.05) is 6.54 Å². The van der Waals surface area contributed by atoms with Crippen LogP contribution < -0.4 is 11.1 Å². The van der Waals surface area contributed by atoms with Gasteiger partial charge in [-0.3, -0.25) is 14.6 Å². The summed E-state index contributed by atoms with van der Waals surface area (Å²) in [6.45, 7) is 9.54. The Hall–Kier alpha value is -2.36. The molecule has 0 spiro atoms. The number of likely N-dealkylation sites (tertiary alicyclic amines) is 1. The third-order valence-corrected chi connectivity index (χ3v) is 6.64. The molecule has 31 heavy (non-hydrogen) atoms. The number of nitrogens with zero attached hydrogens (tertiary/aromatic N) is 3. The minimum atomic E-state index is -0.755. The van der Waals surface area contributed by atoms with E-state index in [9.17, 15) is 14.7 Å². The van der Waals surface area contributed by atoms with Crippen molar-refractivity contribution in [2.45, 2.75) is 65.3 Å². The standard InChI is InChI=1S/C22H31N5O3S/c1-12(16-7-6-14(9-24-16)18-13(2)25-11-31-18)26-20(29)17-8-15(28)10-27(17)21(30)19(23)22(3,4)5/h6-7,9,11-12,15,17,19,28H,8,10,23H2,1-5H3,(H,26,29)/t12-,15+,17-,19?/m0/s1. The molecular formula is C22H31N5O3S. The maximum atomic E-state index is 13.0. The predicted molar refractivity (Wildman–Crippen MR) is 120 cm³/mol. The molecule has 2 aromatic rings. The number of amides is 2. The van der Waals surface area contributed by atoms with Crippen LogP contribution in [0.2, 0.25) is 0 Å². The summed E-state index contributed by atoms with van der Waals surface area (Å²) in [7, 11) is 0. The lowest BCUT2D eigenvalue weighted by atomic mass is 9.86. The number of nitrogens with two attached hydrogens (primary N) is 1. The first-order valence-corrected chi connectivity index (χ1v) is 11.3. The molecule has 1 aliphatic heterocycles. The van der Waals surface area contributed by atoms with Crippen LogP contribution in [0.15, 0.2) is 23.8 Å². The quantitative estimate of drug-likeness (QED) is 0.647. The molecule has 0 aliphatic carbocycles. The monoisotopic (exact) mass is 445 g/mol. The van der Waals surface area contributed by atoms with Crippen molar-refractivity contribution in [2.24, 2.45) is 11.1 Å². The van der Waals surface area contributed by atoms with Crippen LogP contribution in [-0.2, 0) is 9.59 Å². The van der Waals surface area contributed by atoms with Gasteiger partial charge in [-0.2, -0.15) is 0 Å². The van der Waals surface area contributed by atoms with Gasteiger partial charge in [0.1, 0.15) is 6.04 Å². The van der Waals surface area contributed by atoms with Crippen LogP contribution in [0.4, 0.5) is 0 Å². The van der Waals surface area contributed by atoms with E-state index in [1.807, 2.05) is 46.8 Å². The molecule has 0 bridgehead atoms. The fourth-order valence-electron chi connectivity index (χ4n) is 3.61. The number of rotatable bonds is 5. The summed E-state index contributed by atoms with van der Waals surface area (Å²) in [6.07, 6.45) is 1.22. The van der Waals surface area contributed by atoms with Gasteiger partial charge in [0.15, 0.2) is 0 Å². The summed E-state index contributed by atoms with van der Waals surface area (Å²) >= 11 is 1.56. The molecule has 2 aromatic heterocycles. The van der Waals surface area contributed by atoms with Crippen molar-refractivity contribution in [3.8, 4) is 10.4 Å². The number of nitrogens with one attached hydrogen (secondary N) is 1. The van der Waals surface area contributed by atoms with Gasteiger partial charge in [0.2, 0.25) is 11.8 Å². The van der Waals surface area contributed by atoms with Crippen LogP contribution in [-0.4, -0.2) is 56.5 Å². The Bertz CT molecular complexity index is 937. The van der Waals surface area contributed by atoms with Crippen LogP contribution in [0.1, 0.15) is 51.5 Å². The smallest absolute Gasteiger partial charge is 0.243 e. The van der Waals surface area contributed by atoms with E-state index in [4.69, 9.17) is 5.73 Å². The summed E-state index contributed by atoms with van der Waals surface area (Å²) in [5.74, 6) is -0.637. The number of carbonyl (C=O) groups is 2. The number of aliphatic hydroxyl groups excluding tert-OH is 1. The van der Waals surface area contributed by atoms with E-state index in [2.05, 4.69) is 15.3 Å². The molecule has 4 atom stereocenters. The normalized spacial score (nSPS) is 21.1. The van der Waals surface area contributed by atoms with Crippen molar-refractivity contribution < 1.29 is 14.7 Å². The third-order valence-electron chi connectivity index (χ3n) is 5.66. The van der Waals surface area contributed by atoms with Crippen molar-refractivity contribution in [1.82, 2.24) is 20.2 Å². The second-order valence-corrected chi connectivity index (χ2v) is 10.1. The zero-order valence-electron chi connectivity index (χ0n) is 18.6. The Kier molecular flexibility index (Phi) is 6.78. The zero-order chi connectivity index (χ0) is 22.9. The molecular weight excluding hydrogens is 414 g/mol. The highest BCUT2D eigenvalue weighted by Gasteiger charge is 2.42. The van der Waals surface area contributed by atoms with Gasteiger partial charge in [-0.15, -0.1) is 11.3 Å². The summed E-state index contributed by atoms with van der Waals surface area (Å²) in [5, 5.41) is 13.0. The highest BCUT2D eigenvalue weighted by Crippen LogP contribution is 2.28. The molecule has 0 saturated carbocycles. The molecule has 1 unspecified atom stereocenters. The molecule has 4 N–H and O–H groups in total. The number of pyridine rings is 1.